The topological polar surface area (TPSA) is 66.5 Å². The van der Waals surface area contributed by atoms with Gasteiger partial charge in [-0.1, -0.05) is 19.6 Å². The summed E-state index contributed by atoms with van der Waals surface area (Å²) in [5.74, 6) is 1.22. The van der Waals surface area contributed by atoms with Gasteiger partial charge in [0.1, 0.15) is 22.8 Å². The second-order valence-electron chi connectivity index (χ2n) is 10.1. The lowest BCUT2D eigenvalue weighted by molar-refractivity contribution is -0.0780. The summed E-state index contributed by atoms with van der Waals surface area (Å²) in [7, 11) is 0.641. The highest BCUT2D eigenvalue weighted by Gasteiger charge is 2.48. The zero-order valence-corrected chi connectivity index (χ0v) is 20.5. The van der Waals surface area contributed by atoms with Crippen LogP contribution in [0, 0.1) is 0 Å². The molecule has 1 saturated carbocycles. The van der Waals surface area contributed by atoms with Crippen molar-refractivity contribution in [2.45, 2.75) is 69.6 Å². The van der Waals surface area contributed by atoms with E-state index in [2.05, 4.69) is 30.8 Å². The largest absolute Gasteiger partial charge is 0.423 e. The molecule has 1 fully saturated rings. The standard InChI is InChI=1S/C23H30N2O4SSi/c1-27-23-7-5-15(6-8-23)19-17-11-18(30-20(17)22(26)29-21(19)23)16-12-24-25(13-16)14-28-9-10-31(2,3)4/h11-13,15H,5-10,14H2,1-4H3. The molecule has 0 atom stereocenters. The van der Waals surface area contributed by atoms with Gasteiger partial charge in [0, 0.05) is 49.4 Å². The van der Waals surface area contributed by atoms with Crippen LogP contribution in [0.2, 0.25) is 25.7 Å². The minimum absolute atomic E-state index is 0.254. The predicted octanol–water partition coefficient (Wildman–Crippen LogP) is 5.54. The average Bonchev–Trinajstić information content (AvgIpc) is 3.39. The number of thiophene rings is 1. The van der Waals surface area contributed by atoms with Crippen LogP contribution >= 0.6 is 11.3 Å². The van der Waals surface area contributed by atoms with Gasteiger partial charge in [-0.15, -0.1) is 11.3 Å². The third kappa shape index (κ3) is 3.73. The van der Waals surface area contributed by atoms with Crippen LogP contribution in [-0.4, -0.2) is 31.6 Å². The Balaban J connectivity index is 1.44. The van der Waals surface area contributed by atoms with Gasteiger partial charge in [0.25, 0.3) is 0 Å². The number of hydrogen-bond acceptors (Lipinski definition) is 6. The summed E-state index contributed by atoms with van der Waals surface area (Å²) < 4.78 is 20.1. The number of ether oxygens (including phenoxy) is 2. The Morgan fingerprint density at radius 3 is 2.81 bits per heavy atom. The molecule has 0 amide bonds. The maximum atomic E-state index is 12.8. The summed E-state index contributed by atoms with van der Waals surface area (Å²) in [6.45, 7) is 8.26. The molecule has 3 aliphatic rings. The molecule has 3 aromatic rings. The third-order valence-corrected chi connectivity index (χ3v) is 9.66. The average molecular weight is 459 g/mol. The Kier molecular flexibility index (Phi) is 5.24. The first-order valence-electron chi connectivity index (χ1n) is 11.1. The van der Waals surface area contributed by atoms with Gasteiger partial charge < -0.3 is 13.9 Å². The molecule has 166 valence electrons. The molecular weight excluding hydrogens is 428 g/mol. The van der Waals surface area contributed by atoms with Gasteiger partial charge in [0.05, 0.1) is 6.20 Å². The summed E-state index contributed by atoms with van der Waals surface area (Å²) in [6, 6.07) is 3.29. The number of nitrogens with zero attached hydrogens (tertiary/aromatic N) is 2. The van der Waals surface area contributed by atoms with E-state index in [1.54, 1.807) is 7.11 Å². The Labute approximate surface area is 187 Å². The van der Waals surface area contributed by atoms with Crippen LogP contribution in [0.15, 0.2) is 27.7 Å². The van der Waals surface area contributed by atoms with Gasteiger partial charge in [-0.05, 0) is 43.7 Å². The number of rotatable bonds is 7. The zero-order valence-electron chi connectivity index (χ0n) is 18.7. The molecule has 3 aliphatic carbocycles. The molecule has 2 bridgehead atoms. The minimum Gasteiger partial charge on any atom is -0.423 e. The molecule has 0 saturated heterocycles. The summed E-state index contributed by atoms with van der Waals surface area (Å²) in [5, 5.41) is 5.50. The maximum Gasteiger partial charge on any atom is 0.354 e. The van der Waals surface area contributed by atoms with Crippen molar-refractivity contribution in [1.82, 2.24) is 9.78 Å². The lowest BCUT2D eigenvalue weighted by Gasteiger charge is -2.45. The monoisotopic (exact) mass is 458 g/mol. The molecule has 0 unspecified atom stereocenters. The number of hydrogen-bond donors (Lipinski definition) is 0. The second kappa shape index (κ2) is 7.69. The smallest absolute Gasteiger partial charge is 0.354 e. The lowest BCUT2D eigenvalue weighted by Crippen LogP contribution is -2.40. The number of aromatic nitrogens is 2. The maximum absolute atomic E-state index is 12.8. The first-order chi connectivity index (χ1) is 14.8. The van der Waals surface area contributed by atoms with Crippen LogP contribution in [0.4, 0.5) is 0 Å². The SMILES string of the molecule is COC12CCC(CC1)c1c2oc(=O)c2sc(-c3cnn(COCC[Si](C)(C)C)c3)cc12. The van der Waals surface area contributed by atoms with Gasteiger partial charge in [0.2, 0.25) is 0 Å². The molecule has 6 nitrogen and oxygen atoms in total. The van der Waals surface area contributed by atoms with Crippen LogP contribution in [0.3, 0.4) is 0 Å². The van der Waals surface area contributed by atoms with Gasteiger partial charge in [-0.3, -0.25) is 0 Å². The van der Waals surface area contributed by atoms with E-state index < -0.39 is 13.7 Å². The lowest BCUT2D eigenvalue weighted by atomic mass is 9.66. The van der Waals surface area contributed by atoms with E-state index in [9.17, 15) is 4.79 Å². The summed E-state index contributed by atoms with van der Waals surface area (Å²) in [6.07, 6.45) is 7.87. The minimum atomic E-state index is -1.09. The molecule has 0 radical (unpaired) electrons. The quantitative estimate of drug-likeness (QED) is 0.343. The Bertz CT molecular complexity index is 1160. The van der Waals surface area contributed by atoms with E-state index in [1.807, 2.05) is 17.1 Å². The van der Waals surface area contributed by atoms with Crippen LogP contribution < -0.4 is 5.63 Å². The van der Waals surface area contributed by atoms with Crippen LogP contribution in [0.5, 0.6) is 0 Å². The van der Waals surface area contributed by atoms with Crippen molar-refractivity contribution in [2.75, 3.05) is 13.7 Å². The van der Waals surface area contributed by atoms with Gasteiger partial charge in [-0.2, -0.15) is 5.10 Å². The van der Waals surface area contributed by atoms with E-state index in [0.29, 0.717) is 17.3 Å². The van der Waals surface area contributed by atoms with E-state index in [-0.39, 0.29) is 5.63 Å². The summed E-state index contributed by atoms with van der Waals surface area (Å²) in [4.78, 5) is 13.9. The highest BCUT2D eigenvalue weighted by atomic mass is 32.1. The van der Waals surface area contributed by atoms with Crippen molar-refractivity contribution in [3.05, 3.63) is 40.2 Å². The molecule has 3 aromatic heterocycles. The first-order valence-corrected chi connectivity index (χ1v) is 15.6. The second-order valence-corrected chi connectivity index (χ2v) is 16.7. The van der Waals surface area contributed by atoms with E-state index in [4.69, 9.17) is 13.9 Å². The van der Waals surface area contributed by atoms with Gasteiger partial charge in [0.15, 0.2) is 0 Å². The first kappa shape index (κ1) is 21.1. The molecule has 0 aliphatic heterocycles. The summed E-state index contributed by atoms with van der Waals surface area (Å²) in [5.41, 5.74) is 1.51. The Hall–Kier alpha value is -1.74. The molecule has 0 spiro atoms. The van der Waals surface area contributed by atoms with Crippen molar-refractivity contribution >= 4 is 29.5 Å². The van der Waals surface area contributed by atoms with E-state index >= 15 is 0 Å². The van der Waals surface area contributed by atoms with Crippen molar-refractivity contribution < 1.29 is 13.9 Å². The fraction of sp³-hybridized carbons (Fsp3) is 0.565. The fourth-order valence-corrected chi connectivity index (χ4v) is 6.72. The fourth-order valence-electron chi connectivity index (χ4n) is 4.94. The third-order valence-electron chi connectivity index (χ3n) is 6.79. The molecular formula is C23H30N2O4SSi. The molecule has 0 N–H and O–H groups in total. The number of methoxy groups -OCH3 is 1. The molecule has 31 heavy (non-hydrogen) atoms. The molecule has 3 heterocycles. The van der Waals surface area contributed by atoms with E-state index in [1.165, 1.54) is 16.9 Å². The van der Waals surface area contributed by atoms with Crippen LogP contribution in [0.25, 0.3) is 20.5 Å². The highest BCUT2D eigenvalue weighted by molar-refractivity contribution is 7.22. The van der Waals surface area contributed by atoms with Crippen LogP contribution in [0.1, 0.15) is 42.9 Å². The van der Waals surface area contributed by atoms with Gasteiger partial charge >= 0.3 is 5.63 Å². The highest BCUT2D eigenvalue weighted by Crippen LogP contribution is 2.55. The van der Waals surface area contributed by atoms with E-state index in [0.717, 1.165) is 59.9 Å². The summed E-state index contributed by atoms with van der Waals surface area (Å²) >= 11 is 1.49. The predicted molar refractivity (Wildman–Crippen MR) is 126 cm³/mol. The van der Waals surface area contributed by atoms with Crippen molar-refractivity contribution in [1.29, 1.82) is 0 Å². The number of fused-ring (bicyclic) bond motifs is 3. The van der Waals surface area contributed by atoms with Crippen molar-refractivity contribution in [2.24, 2.45) is 0 Å². The Morgan fingerprint density at radius 1 is 1.32 bits per heavy atom. The zero-order chi connectivity index (χ0) is 21.8. The Morgan fingerprint density at radius 2 is 2.10 bits per heavy atom. The molecule has 8 heteroatoms. The molecule has 6 rings (SSSR count). The molecule has 0 aromatic carbocycles. The van der Waals surface area contributed by atoms with Gasteiger partial charge in [-0.25, -0.2) is 9.48 Å². The van der Waals surface area contributed by atoms with Crippen molar-refractivity contribution in [3.8, 4) is 10.4 Å². The normalized spacial score (nSPS) is 22.9. The van der Waals surface area contributed by atoms with Crippen molar-refractivity contribution in [3.63, 3.8) is 0 Å². The van der Waals surface area contributed by atoms with Crippen LogP contribution in [-0.2, 0) is 21.8 Å².